The van der Waals surface area contributed by atoms with Crippen molar-refractivity contribution in [2.24, 2.45) is 0 Å². The fraction of sp³-hybridized carbons (Fsp3) is 0.364. The lowest BCUT2D eigenvalue weighted by Crippen LogP contribution is -2.24. The van der Waals surface area contributed by atoms with Gasteiger partial charge in [0, 0.05) is 5.56 Å². The molecule has 1 aromatic carbocycles. The maximum atomic E-state index is 9.18. The summed E-state index contributed by atoms with van der Waals surface area (Å²) in [5.74, 6) is 0.793. The molecule has 0 unspecified atom stereocenters. The minimum Gasteiger partial charge on any atom is -0.508 e. The van der Waals surface area contributed by atoms with Gasteiger partial charge < -0.3 is 5.11 Å². The summed E-state index contributed by atoms with van der Waals surface area (Å²) >= 11 is 0. The summed E-state index contributed by atoms with van der Waals surface area (Å²) < 4.78 is 0. The largest absolute Gasteiger partial charge is 0.508 e. The SMILES string of the molecule is CC(C)(C)n1nnc(-c2ccc(O)cc2)n1. The Morgan fingerprint density at radius 2 is 1.75 bits per heavy atom. The Morgan fingerprint density at radius 1 is 1.12 bits per heavy atom. The molecule has 0 aliphatic heterocycles. The first-order chi connectivity index (χ1) is 7.47. The van der Waals surface area contributed by atoms with Gasteiger partial charge in [0.2, 0.25) is 5.82 Å². The summed E-state index contributed by atoms with van der Waals surface area (Å²) in [5, 5.41) is 21.5. The second kappa shape index (κ2) is 3.59. The first kappa shape index (κ1) is 10.6. The summed E-state index contributed by atoms with van der Waals surface area (Å²) in [6.07, 6.45) is 0. The van der Waals surface area contributed by atoms with Crippen molar-refractivity contribution in [2.45, 2.75) is 26.3 Å². The molecule has 0 fully saturated rings. The smallest absolute Gasteiger partial charge is 0.204 e. The van der Waals surface area contributed by atoms with E-state index in [0.717, 1.165) is 5.56 Å². The fourth-order valence-corrected chi connectivity index (χ4v) is 1.22. The van der Waals surface area contributed by atoms with Crippen molar-refractivity contribution in [1.82, 2.24) is 20.2 Å². The van der Waals surface area contributed by atoms with E-state index >= 15 is 0 Å². The van der Waals surface area contributed by atoms with Crippen LogP contribution in [0.2, 0.25) is 0 Å². The summed E-state index contributed by atoms with van der Waals surface area (Å²) in [7, 11) is 0. The van der Waals surface area contributed by atoms with E-state index in [9.17, 15) is 5.11 Å². The fourth-order valence-electron chi connectivity index (χ4n) is 1.22. The van der Waals surface area contributed by atoms with Crippen LogP contribution in [-0.2, 0) is 5.54 Å². The quantitative estimate of drug-likeness (QED) is 0.792. The minimum atomic E-state index is -0.178. The average Bonchev–Trinajstić information content (AvgIpc) is 2.67. The van der Waals surface area contributed by atoms with E-state index in [0.29, 0.717) is 5.82 Å². The zero-order chi connectivity index (χ0) is 11.8. The predicted molar refractivity (Wildman–Crippen MR) is 59.9 cm³/mol. The summed E-state index contributed by atoms with van der Waals surface area (Å²) in [5.41, 5.74) is 0.663. The van der Waals surface area contributed by atoms with E-state index in [-0.39, 0.29) is 11.3 Å². The molecule has 0 atom stereocenters. The van der Waals surface area contributed by atoms with Crippen LogP contribution < -0.4 is 0 Å². The number of aromatic nitrogens is 4. The molecular weight excluding hydrogens is 204 g/mol. The Kier molecular flexibility index (Phi) is 2.38. The highest BCUT2D eigenvalue weighted by atomic mass is 16.3. The van der Waals surface area contributed by atoms with E-state index in [1.807, 2.05) is 20.8 Å². The molecule has 1 N–H and O–H groups in total. The number of benzene rings is 1. The number of hydrogen-bond acceptors (Lipinski definition) is 4. The number of hydrogen-bond donors (Lipinski definition) is 1. The van der Waals surface area contributed by atoms with Crippen LogP contribution in [-0.4, -0.2) is 25.3 Å². The highest BCUT2D eigenvalue weighted by Crippen LogP contribution is 2.19. The van der Waals surface area contributed by atoms with Gasteiger partial charge in [-0.15, -0.1) is 10.2 Å². The van der Waals surface area contributed by atoms with Crippen molar-refractivity contribution in [3.8, 4) is 17.1 Å². The van der Waals surface area contributed by atoms with Gasteiger partial charge in [0.25, 0.3) is 0 Å². The molecule has 16 heavy (non-hydrogen) atoms. The first-order valence-electron chi connectivity index (χ1n) is 5.07. The van der Waals surface area contributed by atoms with E-state index in [4.69, 9.17) is 0 Å². The van der Waals surface area contributed by atoms with Crippen LogP contribution in [0.1, 0.15) is 20.8 Å². The lowest BCUT2D eigenvalue weighted by molar-refractivity contribution is 0.306. The number of aromatic hydroxyl groups is 1. The minimum absolute atomic E-state index is 0.178. The molecule has 0 saturated carbocycles. The molecule has 84 valence electrons. The Balaban J connectivity index is 2.35. The highest BCUT2D eigenvalue weighted by Gasteiger charge is 2.17. The van der Waals surface area contributed by atoms with Gasteiger partial charge in [-0.05, 0) is 50.3 Å². The standard InChI is InChI=1S/C11H14N4O/c1-11(2,3)15-13-10(12-14-15)8-4-6-9(16)7-5-8/h4-7,16H,1-3H3. The lowest BCUT2D eigenvalue weighted by Gasteiger charge is -2.15. The second-order valence-corrected chi connectivity index (χ2v) is 4.62. The van der Waals surface area contributed by atoms with Crippen molar-refractivity contribution < 1.29 is 5.11 Å². The van der Waals surface area contributed by atoms with Gasteiger partial charge in [0.05, 0.1) is 5.54 Å². The van der Waals surface area contributed by atoms with Gasteiger partial charge in [-0.3, -0.25) is 0 Å². The van der Waals surface area contributed by atoms with Gasteiger partial charge >= 0.3 is 0 Å². The molecule has 0 aliphatic carbocycles. The van der Waals surface area contributed by atoms with Gasteiger partial charge in [-0.25, -0.2) is 0 Å². The van der Waals surface area contributed by atoms with Crippen molar-refractivity contribution in [2.75, 3.05) is 0 Å². The second-order valence-electron chi connectivity index (χ2n) is 4.62. The molecule has 2 rings (SSSR count). The van der Waals surface area contributed by atoms with E-state index < -0.39 is 0 Å². The van der Waals surface area contributed by atoms with E-state index in [2.05, 4.69) is 15.4 Å². The molecule has 0 spiro atoms. The highest BCUT2D eigenvalue weighted by molar-refractivity contribution is 5.54. The van der Waals surface area contributed by atoms with Gasteiger partial charge in [0.1, 0.15) is 5.75 Å². The molecule has 5 nitrogen and oxygen atoms in total. The first-order valence-corrected chi connectivity index (χ1v) is 5.07. The lowest BCUT2D eigenvalue weighted by atomic mass is 10.1. The van der Waals surface area contributed by atoms with Crippen LogP contribution in [0.5, 0.6) is 5.75 Å². The maximum absolute atomic E-state index is 9.18. The molecule has 0 radical (unpaired) electrons. The normalized spacial score (nSPS) is 11.7. The Hall–Kier alpha value is -1.91. The zero-order valence-corrected chi connectivity index (χ0v) is 9.55. The summed E-state index contributed by atoms with van der Waals surface area (Å²) in [6, 6.07) is 6.74. The van der Waals surface area contributed by atoms with E-state index in [1.165, 1.54) is 0 Å². The third kappa shape index (κ3) is 2.03. The Morgan fingerprint density at radius 3 is 2.25 bits per heavy atom. The van der Waals surface area contributed by atoms with Gasteiger partial charge in [-0.2, -0.15) is 4.80 Å². The molecule has 1 aromatic heterocycles. The number of phenols is 1. The van der Waals surface area contributed by atoms with Crippen molar-refractivity contribution in [3.05, 3.63) is 24.3 Å². The monoisotopic (exact) mass is 218 g/mol. The third-order valence-electron chi connectivity index (χ3n) is 2.14. The summed E-state index contributed by atoms with van der Waals surface area (Å²) in [6.45, 7) is 6.03. The van der Waals surface area contributed by atoms with Crippen LogP contribution in [0.3, 0.4) is 0 Å². The molecule has 1 heterocycles. The van der Waals surface area contributed by atoms with Gasteiger partial charge in [-0.1, -0.05) is 0 Å². The molecule has 5 heteroatoms. The number of tetrazole rings is 1. The molecule has 2 aromatic rings. The number of nitrogens with zero attached hydrogens (tertiary/aromatic N) is 4. The van der Waals surface area contributed by atoms with Crippen LogP contribution >= 0.6 is 0 Å². The van der Waals surface area contributed by atoms with Gasteiger partial charge in [0.15, 0.2) is 0 Å². The molecule has 0 saturated heterocycles. The zero-order valence-electron chi connectivity index (χ0n) is 9.55. The Labute approximate surface area is 93.7 Å². The van der Waals surface area contributed by atoms with E-state index in [1.54, 1.807) is 29.1 Å². The van der Waals surface area contributed by atoms with Crippen molar-refractivity contribution in [3.63, 3.8) is 0 Å². The van der Waals surface area contributed by atoms with Crippen LogP contribution in [0.15, 0.2) is 24.3 Å². The predicted octanol–water partition coefficient (Wildman–Crippen LogP) is 1.80. The molecule has 0 aliphatic rings. The van der Waals surface area contributed by atoms with Crippen molar-refractivity contribution >= 4 is 0 Å². The topological polar surface area (TPSA) is 63.8 Å². The molecular formula is C11H14N4O. The third-order valence-corrected chi connectivity index (χ3v) is 2.14. The molecule has 0 amide bonds. The van der Waals surface area contributed by atoms with Crippen LogP contribution in [0.25, 0.3) is 11.4 Å². The average molecular weight is 218 g/mol. The number of phenolic OH excluding ortho intramolecular Hbond substituents is 1. The summed E-state index contributed by atoms with van der Waals surface area (Å²) in [4.78, 5) is 1.58. The van der Waals surface area contributed by atoms with Crippen molar-refractivity contribution in [1.29, 1.82) is 0 Å². The molecule has 0 bridgehead atoms. The maximum Gasteiger partial charge on any atom is 0.204 e. The van der Waals surface area contributed by atoms with Crippen LogP contribution in [0.4, 0.5) is 0 Å². The van der Waals surface area contributed by atoms with Crippen LogP contribution in [0, 0.1) is 0 Å². The Bertz CT molecular complexity index is 481. The number of rotatable bonds is 1.